The van der Waals surface area contributed by atoms with E-state index < -0.39 is 11.2 Å². The van der Waals surface area contributed by atoms with Crippen LogP contribution < -0.4 is 11.2 Å². The fraction of sp³-hybridized carbons (Fsp3) is 0.280. The molecule has 0 saturated carbocycles. The van der Waals surface area contributed by atoms with E-state index in [1.165, 1.54) is 4.57 Å². The average molecular weight is 471 g/mol. The molecular weight excluding hydrogens is 444 g/mol. The average Bonchev–Trinajstić information content (AvgIpc) is 3.53. The van der Waals surface area contributed by atoms with E-state index in [2.05, 4.69) is 27.4 Å². The van der Waals surface area contributed by atoms with Crippen molar-refractivity contribution in [3.8, 4) is 16.8 Å². The molecule has 10 nitrogen and oxygen atoms in total. The molecule has 5 aromatic rings. The van der Waals surface area contributed by atoms with Crippen molar-refractivity contribution in [1.82, 2.24) is 39.3 Å². The maximum Gasteiger partial charge on any atom is 0.329 e. The highest BCUT2D eigenvalue weighted by Gasteiger charge is 2.17. The largest absolute Gasteiger partial charge is 0.329 e. The van der Waals surface area contributed by atoms with Crippen LogP contribution in [0.3, 0.4) is 0 Å². The van der Waals surface area contributed by atoms with Gasteiger partial charge in [0.2, 0.25) is 0 Å². The first kappa shape index (κ1) is 22.5. The van der Waals surface area contributed by atoms with Gasteiger partial charge in [0.1, 0.15) is 12.2 Å². The predicted molar refractivity (Wildman–Crippen MR) is 133 cm³/mol. The van der Waals surface area contributed by atoms with Crippen LogP contribution in [0.2, 0.25) is 0 Å². The minimum absolute atomic E-state index is 0.413. The molecule has 3 heterocycles. The van der Waals surface area contributed by atoms with Crippen molar-refractivity contribution < 1.29 is 0 Å². The molecule has 0 aliphatic carbocycles. The fourth-order valence-electron chi connectivity index (χ4n) is 4.34. The van der Waals surface area contributed by atoms with E-state index in [9.17, 15) is 9.59 Å². The van der Waals surface area contributed by atoms with E-state index in [-0.39, 0.29) is 0 Å². The molecule has 0 spiro atoms. The molecule has 35 heavy (non-hydrogen) atoms. The van der Waals surface area contributed by atoms with Gasteiger partial charge in [-0.05, 0) is 34.0 Å². The van der Waals surface area contributed by atoms with Crippen molar-refractivity contribution in [2.24, 2.45) is 7.05 Å². The van der Waals surface area contributed by atoms with Gasteiger partial charge in [0.05, 0.1) is 5.69 Å². The molecule has 5 rings (SSSR count). The van der Waals surface area contributed by atoms with Crippen molar-refractivity contribution in [2.45, 2.75) is 39.2 Å². The second kappa shape index (κ2) is 9.49. The van der Waals surface area contributed by atoms with Gasteiger partial charge in [-0.15, -0.1) is 5.10 Å². The number of hydrogen-bond donors (Lipinski definition) is 1. The van der Waals surface area contributed by atoms with Gasteiger partial charge in [-0.3, -0.25) is 14.3 Å². The minimum Gasteiger partial charge on any atom is -0.318 e. The van der Waals surface area contributed by atoms with Crippen molar-refractivity contribution in [3.05, 3.63) is 87.1 Å². The summed E-state index contributed by atoms with van der Waals surface area (Å²) in [6, 6.07) is 16.1. The first-order valence-electron chi connectivity index (χ1n) is 11.7. The lowest BCUT2D eigenvalue weighted by atomic mass is 10.0. The number of aryl methyl sites for hydroxylation is 2. The number of rotatable bonds is 8. The number of nitrogens with one attached hydrogen (secondary N) is 1. The van der Waals surface area contributed by atoms with Crippen molar-refractivity contribution in [3.63, 3.8) is 0 Å². The van der Waals surface area contributed by atoms with Crippen LogP contribution in [-0.4, -0.2) is 39.3 Å². The number of tetrazole rings is 1. The Labute approximate surface area is 200 Å². The maximum absolute atomic E-state index is 12.7. The zero-order valence-electron chi connectivity index (χ0n) is 19.7. The molecule has 10 heteroatoms. The number of H-pyrrole nitrogens is 1. The summed E-state index contributed by atoms with van der Waals surface area (Å²) in [4.78, 5) is 32.0. The van der Waals surface area contributed by atoms with Crippen molar-refractivity contribution >= 4 is 11.2 Å². The topological polar surface area (TPSA) is 116 Å². The lowest BCUT2D eigenvalue weighted by Gasteiger charge is -2.11. The predicted octanol–water partition coefficient (Wildman–Crippen LogP) is 2.85. The molecule has 1 N–H and O–H groups in total. The number of imidazole rings is 1. The van der Waals surface area contributed by atoms with Crippen molar-refractivity contribution in [2.75, 3.05) is 0 Å². The molecule has 0 aliphatic heterocycles. The molecule has 3 aromatic heterocycles. The zero-order valence-corrected chi connectivity index (χ0v) is 19.7. The van der Waals surface area contributed by atoms with E-state index in [0.717, 1.165) is 53.9 Å². The zero-order chi connectivity index (χ0) is 24.4. The Balaban J connectivity index is 1.52. The molecule has 178 valence electrons. The highest BCUT2D eigenvalue weighted by molar-refractivity contribution is 5.73. The third-order valence-corrected chi connectivity index (χ3v) is 6.20. The van der Waals surface area contributed by atoms with Crippen LogP contribution in [0.4, 0.5) is 0 Å². The summed E-state index contributed by atoms with van der Waals surface area (Å²) in [5, 5.41) is 11.5. The monoisotopic (exact) mass is 470 g/mol. The molecule has 0 saturated heterocycles. The number of aromatic nitrogens is 8. The summed E-state index contributed by atoms with van der Waals surface area (Å²) in [6.07, 6.45) is 5.45. The molecule has 0 fully saturated rings. The number of benzene rings is 2. The Hall–Kier alpha value is -4.34. The van der Waals surface area contributed by atoms with Crippen LogP contribution in [0, 0.1) is 0 Å². The second-order valence-electron chi connectivity index (χ2n) is 8.53. The smallest absolute Gasteiger partial charge is 0.318 e. The molecule has 0 unspecified atom stereocenters. The summed E-state index contributed by atoms with van der Waals surface area (Å²) in [6.45, 7) is 2.63. The quantitative estimate of drug-likeness (QED) is 0.349. The molecule has 0 bridgehead atoms. The third-order valence-electron chi connectivity index (χ3n) is 6.20. The Morgan fingerprint density at radius 1 is 1.00 bits per heavy atom. The van der Waals surface area contributed by atoms with Crippen LogP contribution in [0.15, 0.2) is 64.4 Å². The summed E-state index contributed by atoms with van der Waals surface area (Å²) in [5.74, 6) is 0.813. The number of nitrogens with zero attached hydrogens (tertiary/aromatic N) is 7. The molecule has 0 aliphatic rings. The lowest BCUT2D eigenvalue weighted by molar-refractivity contribution is 0.658. The number of fused-ring (bicyclic) bond motifs is 1. The third kappa shape index (κ3) is 4.30. The van der Waals surface area contributed by atoms with Crippen LogP contribution in [0.1, 0.15) is 37.6 Å². The fourth-order valence-corrected chi connectivity index (χ4v) is 4.34. The van der Waals surface area contributed by atoms with Gasteiger partial charge >= 0.3 is 5.69 Å². The van der Waals surface area contributed by atoms with Gasteiger partial charge in [-0.2, -0.15) is 4.68 Å². The van der Waals surface area contributed by atoms with Gasteiger partial charge in [0.25, 0.3) is 5.56 Å². The van der Waals surface area contributed by atoms with Gasteiger partial charge < -0.3 is 4.57 Å². The van der Waals surface area contributed by atoms with Crippen LogP contribution in [0.25, 0.3) is 28.0 Å². The molecule has 0 radical (unpaired) electrons. The normalized spacial score (nSPS) is 11.4. The second-order valence-corrected chi connectivity index (χ2v) is 8.53. The first-order chi connectivity index (χ1) is 17.1. The highest BCUT2D eigenvalue weighted by Crippen LogP contribution is 2.27. The molecule has 2 aromatic carbocycles. The number of unbranched alkanes of at least 4 members (excludes halogenated alkanes) is 2. The molecule has 0 atom stereocenters. The summed E-state index contributed by atoms with van der Waals surface area (Å²) < 4.78 is 4.98. The van der Waals surface area contributed by atoms with Crippen LogP contribution >= 0.6 is 0 Å². The summed E-state index contributed by atoms with van der Waals surface area (Å²) in [7, 11) is 1.63. The van der Waals surface area contributed by atoms with Crippen LogP contribution in [0.5, 0.6) is 0 Å². The lowest BCUT2D eigenvalue weighted by Crippen LogP contribution is -2.29. The van der Waals surface area contributed by atoms with E-state index >= 15 is 0 Å². The Kier molecular flexibility index (Phi) is 6.09. The number of hydrogen-bond acceptors (Lipinski definition) is 6. The molecular formula is C25H26N8O2. The standard InChI is InChI=1S/C25H26N8O2/c1-3-4-5-10-21-27-23-22(24(34)28-25(35)31(23)2)32(21)15-17-11-13-18(14-12-17)19-8-6-7-9-20(19)33-16-26-29-30-33/h6-9,11-14,16H,3-5,10,15H2,1-2H3,(H,28,34,35). The summed E-state index contributed by atoms with van der Waals surface area (Å²) in [5.41, 5.74) is 3.91. The molecule has 0 amide bonds. The SMILES string of the molecule is CCCCCc1nc2c(c(=O)[nH]c(=O)n2C)n1Cc1ccc(-c2ccccc2-n2cnnn2)cc1. The van der Waals surface area contributed by atoms with E-state index in [0.29, 0.717) is 17.7 Å². The van der Waals surface area contributed by atoms with Crippen LogP contribution in [-0.2, 0) is 20.0 Å². The van der Waals surface area contributed by atoms with Gasteiger partial charge in [-0.25, -0.2) is 9.78 Å². The van der Waals surface area contributed by atoms with Gasteiger partial charge in [0.15, 0.2) is 11.2 Å². The maximum atomic E-state index is 12.7. The first-order valence-corrected chi connectivity index (χ1v) is 11.7. The Morgan fingerprint density at radius 2 is 1.80 bits per heavy atom. The Bertz CT molecular complexity index is 1580. The van der Waals surface area contributed by atoms with E-state index in [1.807, 2.05) is 53.1 Å². The van der Waals surface area contributed by atoms with E-state index in [4.69, 9.17) is 4.98 Å². The minimum atomic E-state index is -0.460. The van der Waals surface area contributed by atoms with E-state index in [1.54, 1.807) is 18.1 Å². The van der Waals surface area contributed by atoms with Gasteiger partial charge in [-0.1, -0.05) is 62.2 Å². The number of aromatic amines is 1. The Morgan fingerprint density at radius 3 is 2.54 bits per heavy atom. The van der Waals surface area contributed by atoms with Gasteiger partial charge in [0, 0.05) is 25.6 Å². The highest BCUT2D eigenvalue weighted by atomic mass is 16.2. The van der Waals surface area contributed by atoms with Crippen molar-refractivity contribution in [1.29, 1.82) is 0 Å². The number of para-hydroxylation sites is 1. The summed E-state index contributed by atoms with van der Waals surface area (Å²) >= 11 is 0.